The van der Waals surface area contributed by atoms with Gasteiger partial charge in [-0.05, 0) is 49.4 Å². The van der Waals surface area contributed by atoms with Gasteiger partial charge < -0.3 is 18.4 Å². The number of hydrogen-bond donors (Lipinski definition) is 1. The van der Waals surface area contributed by atoms with Gasteiger partial charge >= 0.3 is 16.4 Å². The lowest BCUT2D eigenvalue weighted by molar-refractivity contribution is 0.146. The van der Waals surface area contributed by atoms with E-state index < -0.39 is 16.4 Å². The molecule has 1 aliphatic carbocycles. The minimum atomic E-state index is -4.36. The van der Waals surface area contributed by atoms with E-state index in [0.29, 0.717) is 54.9 Å². The van der Waals surface area contributed by atoms with E-state index in [2.05, 4.69) is 9.71 Å². The largest absolute Gasteiger partial charge is 0.491 e. The van der Waals surface area contributed by atoms with Crippen molar-refractivity contribution in [3.05, 3.63) is 48.3 Å². The van der Waals surface area contributed by atoms with Gasteiger partial charge in [-0.2, -0.15) is 13.1 Å². The molecule has 1 N–H and O–H groups in total. The molecule has 1 fully saturated rings. The van der Waals surface area contributed by atoms with Gasteiger partial charge in [0, 0.05) is 38.5 Å². The molecule has 192 valence electrons. The minimum absolute atomic E-state index is 0.0346. The van der Waals surface area contributed by atoms with E-state index in [1.807, 2.05) is 13.0 Å². The highest BCUT2D eigenvalue weighted by Crippen LogP contribution is 2.40. The molecule has 10 nitrogen and oxygen atoms in total. The summed E-state index contributed by atoms with van der Waals surface area (Å²) >= 11 is 0. The number of benzene rings is 1. The fourth-order valence-corrected chi connectivity index (χ4v) is 3.95. The minimum Gasteiger partial charge on any atom is -0.491 e. The number of hydrogen-bond acceptors (Lipinski definition) is 8. The van der Waals surface area contributed by atoms with Crippen LogP contribution in [0.3, 0.4) is 0 Å². The number of carbonyl (C=O) groups excluding carboxylic acids is 1. The second-order valence-corrected chi connectivity index (χ2v) is 9.48. The quantitative estimate of drug-likeness (QED) is 0.365. The zero-order chi connectivity index (χ0) is 25.1. The highest BCUT2D eigenvalue weighted by molar-refractivity contribution is 7.85. The Hall–Kier alpha value is -2.89. The zero-order valence-electron chi connectivity index (χ0n) is 20.1. The van der Waals surface area contributed by atoms with E-state index in [0.717, 1.165) is 12.8 Å². The van der Waals surface area contributed by atoms with Crippen LogP contribution in [0.15, 0.2) is 42.6 Å². The van der Waals surface area contributed by atoms with E-state index >= 15 is 0 Å². The fraction of sp³-hybridized carbons (Fsp3) is 0.500. The number of anilines is 1. The number of ether oxygens (including phenoxy) is 3. The predicted octanol–water partition coefficient (Wildman–Crippen LogP) is 3.33. The predicted molar refractivity (Wildman–Crippen MR) is 131 cm³/mol. The summed E-state index contributed by atoms with van der Waals surface area (Å²) in [5.74, 6) is 1.29. The van der Waals surface area contributed by atoms with Crippen LogP contribution in [0, 0.1) is 5.92 Å². The molecule has 0 radical (unpaired) electrons. The first-order valence-electron chi connectivity index (χ1n) is 11.7. The van der Waals surface area contributed by atoms with Crippen molar-refractivity contribution in [3.63, 3.8) is 0 Å². The Morgan fingerprint density at radius 3 is 2.54 bits per heavy atom. The summed E-state index contributed by atoms with van der Waals surface area (Å²) in [6.07, 6.45) is 3.69. The van der Waals surface area contributed by atoms with Crippen molar-refractivity contribution < 1.29 is 31.6 Å². The molecule has 0 atom stereocenters. The number of pyridine rings is 1. The van der Waals surface area contributed by atoms with Gasteiger partial charge in [0.25, 0.3) is 0 Å². The van der Waals surface area contributed by atoms with Crippen LogP contribution in [0.5, 0.6) is 11.5 Å². The maximum absolute atomic E-state index is 13.1. The van der Waals surface area contributed by atoms with Crippen LogP contribution in [0.2, 0.25) is 0 Å². The molecule has 1 saturated carbocycles. The summed E-state index contributed by atoms with van der Waals surface area (Å²) in [4.78, 5) is 18.5. The smallest absolute Gasteiger partial charge is 0.431 e. The maximum Gasteiger partial charge on any atom is 0.431 e. The maximum atomic E-state index is 13.1. The number of nitrogens with zero attached hydrogens (tertiary/aromatic N) is 2. The van der Waals surface area contributed by atoms with Crippen molar-refractivity contribution in [3.8, 4) is 11.5 Å². The third-order valence-corrected chi connectivity index (χ3v) is 6.10. The normalized spacial score (nSPS) is 13.3. The molecule has 0 aliphatic heterocycles. The fourth-order valence-electron chi connectivity index (χ4n) is 3.26. The lowest BCUT2D eigenvalue weighted by Gasteiger charge is -2.26. The standard InChI is InChI=1S/C24H33N3O7S/c1-3-15-27(24(28)34-35(29,30)26-14-12-20-7-4-5-13-25-20)23-21(32-17-16-31-2)8-6-9-22(23)33-18-19-10-11-19/h4-9,13,19,26H,3,10-12,14-18H2,1-2H3. The van der Waals surface area contributed by atoms with Crippen LogP contribution in [0.1, 0.15) is 31.9 Å². The molecular formula is C24H33N3O7S. The second kappa shape index (κ2) is 13.3. The van der Waals surface area contributed by atoms with Gasteiger partial charge in [0.1, 0.15) is 23.8 Å². The molecule has 0 bridgehead atoms. The van der Waals surface area contributed by atoms with Crippen molar-refractivity contribution in [2.24, 2.45) is 5.92 Å². The number of carbonyl (C=O) groups is 1. The summed E-state index contributed by atoms with van der Waals surface area (Å²) in [7, 11) is -2.79. The van der Waals surface area contributed by atoms with Gasteiger partial charge in [-0.1, -0.05) is 19.1 Å². The van der Waals surface area contributed by atoms with E-state index in [-0.39, 0.29) is 19.7 Å². The molecule has 1 heterocycles. The van der Waals surface area contributed by atoms with Crippen molar-refractivity contribution in [2.45, 2.75) is 32.6 Å². The highest BCUT2D eigenvalue weighted by Gasteiger charge is 2.30. The van der Waals surface area contributed by atoms with Crippen molar-refractivity contribution in [1.82, 2.24) is 9.71 Å². The third-order valence-electron chi connectivity index (χ3n) is 5.18. The molecule has 0 saturated heterocycles. The molecular weight excluding hydrogens is 474 g/mol. The number of amides is 1. The first kappa shape index (κ1) is 26.7. The number of para-hydroxylation sites is 1. The first-order valence-corrected chi connectivity index (χ1v) is 13.1. The van der Waals surface area contributed by atoms with E-state index in [9.17, 15) is 13.2 Å². The Morgan fingerprint density at radius 2 is 1.89 bits per heavy atom. The molecule has 2 aromatic rings. The Morgan fingerprint density at radius 1 is 1.11 bits per heavy atom. The second-order valence-electron chi connectivity index (χ2n) is 8.12. The van der Waals surface area contributed by atoms with Gasteiger partial charge in [0.2, 0.25) is 0 Å². The summed E-state index contributed by atoms with van der Waals surface area (Å²) in [5, 5.41) is 0. The molecule has 1 aromatic heterocycles. The third kappa shape index (κ3) is 8.68. The van der Waals surface area contributed by atoms with Crippen LogP contribution in [-0.2, 0) is 25.6 Å². The van der Waals surface area contributed by atoms with Gasteiger partial charge in [-0.3, -0.25) is 9.88 Å². The van der Waals surface area contributed by atoms with Crippen LogP contribution >= 0.6 is 0 Å². The lowest BCUT2D eigenvalue weighted by atomic mass is 10.2. The van der Waals surface area contributed by atoms with Crippen LogP contribution < -0.4 is 19.1 Å². The van der Waals surface area contributed by atoms with Crippen LogP contribution in [0.25, 0.3) is 0 Å². The lowest BCUT2D eigenvalue weighted by Crippen LogP contribution is -2.38. The van der Waals surface area contributed by atoms with Crippen molar-refractivity contribution in [2.75, 3.05) is 44.9 Å². The summed E-state index contributed by atoms with van der Waals surface area (Å²) in [6, 6.07) is 10.6. The Bertz CT molecular complexity index is 1050. The molecule has 0 spiro atoms. The summed E-state index contributed by atoms with van der Waals surface area (Å²) in [5.41, 5.74) is 1.05. The van der Waals surface area contributed by atoms with E-state index in [4.69, 9.17) is 18.4 Å². The molecule has 11 heteroatoms. The number of methoxy groups -OCH3 is 1. The summed E-state index contributed by atoms with van der Waals surface area (Å²) in [6.45, 7) is 3.22. The van der Waals surface area contributed by atoms with E-state index in [1.165, 1.54) is 4.90 Å². The SMILES string of the molecule is CCCN(C(=O)OS(=O)(=O)NCCc1ccccn1)c1c(OCCOC)cccc1OCC1CC1. The Labute approximate surface area is 206 Å². The van der Waals surface area contributed by atoms with Gasteiger partial charge in [-0.15, -0.1) is 0 Å². The molecule has 35 heavy (non-hydrogen) atoms. The topological polar surface area (TPSA) is 116 Å². The van der Waals surface area contributed by atoms with Crippen molar-refractivity contribution in [1.29, 1.82) is 0 Å². The van der Waals surface area contributed by atoms with Crippen LogP contribution in [-0.4, -0.2) is 59.5 Å². The molecule has 3 rings (SSSR count). The van der Waals surface area contributed by atoms with Crippen LogP contribution in [0.4, 0.5) is 10.5 Å². The zero-order valence-corrected chi connectivity index (χ0v) is 21.0. The molecule has 0 unspecified atom stereocenters. The number of nitrogens with one attached hydrogen (secondary N) is 1. The summed E-state index contributed by atoms with van der Waals surface area (Å²) < 4.78 is 49.1. The number of rotatable bonds is 15. The monoisotopic (exact) mass is 507 g/mol. The average Bonchev–Trinajstić information content (AvgIpc) is 3.66. The van der Waals surface area contributed by atoms with Crippen molar-refractivity contribution >= 4 is 22.1 Å². The number of aromatic nitrogens is 1. The highest BCUT2D eigenvalue weighted by atomic mass is 32.2. The first-order chi connectivity index (χ1) is 16.9. The van der Waals surface area contributed by atoms with Gasteiger partial charge in [0.15, 0.2) is 0 Å². The molecule has 1 aliphatic rings. The van der Waals surface area contributed by atoms with Gasteiger partial charge in [0.05, 0.1) is 13.2 Å². The van der Waals surface area contributed by atoms with Gasteiger partial charge in [-0.25, -0.2) is 4.79 Å². The molecule has 1 aromatic carbocycles. The Balaban J connectivity index is 1.75. The molecule has 1 amide bonds. The Kier molecular flexibility index (Phi) is 10.1. The van der Waals surface area contributed by atoms with E-state index in [1.54, 1.807) is 43.6 Å². The average molecular weight is 508 g/mol.